The smallest absolute Gasteiger partial charge is 0.0591 e. The number of rotatable bonds is 5. The first-order chi connectivity index (χ1) is 13.5. The average Bonchev–Trinajstić information content (AvgIpc) is 2.98. The monoisotopic (exact) mass is 402 g/mol. The minimum atomic E-state index is -0.519. The van der Waals surface area contributed by atoms with Crippen LogP contribution in [0.3, 0.4) is 0 Å². The lowest BCUT2D eigenvalue weighted by Gasteiger charge is -2.58. The first kappa shape index (κ1) is 21.9. The SMILES string of the molecule is C[C@H](CCCC(C)(C)O)C1CCC2[C@@H]3CC=C4C[C@@H](O)CC[C@]4(C)C3CC[C@@]21C. The molecule has 3 saturated carbocycles. The number of fused-ring (bicyclic) bond motifs is 5. The zero-order valence-corrected chi connectivity index (χ0v) is 19.7. The number of aliphatic hydroxyl groups is 2. The van der Waals surface area contributed by atoms with E-state index >= 15 is 0 Å². The lowest BCUT2D eigenvalue weighted by Crippen LogP contribution is -2.50. The van der Waals surface area contributed by atoms with Crippen LogP contribution in [-0.4, -0.2) is 21.9 Å². The Balaban J connectivity index is 1.47. The van der Waals surface area contributed by atoms with Crippen molar-refractivity contribution in [1.82, 2.24) is 0 Å². The molecule has 0 saturated heterocycles. The molecule has 29 heavy (non-hydrogen) atoms. The Labute approximate surface area is 179 Å². The van der Waals surface area contributed by atoms with Gasteiger partial charge in [0.15, 0.2) is 0 Å². The van der Waals surface area contributed by atoms with Gasteiger partial charge < -0.3 is 10.2 Å². The molecule has 0 radical (unpaired) electrons. The highest BCUT2D eigenvalue weighted by molar-refractivity contribution is 5.25. The van der Waals surface area contributed by atoms with Crippen LogP contribution in [0.15, 0.2) is 11.6 Å². The largest absolute Gasteiger partial charge is 0.393 e. The molecule has 0 amide bonds. The van der Waals surface area contributed by atoms with Gasteiger partial charge >= 0.3 is 0 Å². The molecule has 2 nitrogen and oxygen atoms in total. The van der Waals surface area contributed by atoms with Gasteiger partial charge in [0.2, 0.25) is 0 Å². The Morgan fingerprint density at radius 2 is 1.86 bits per heavy atom. The van der Waals surface area contributed by atoms with Crippen molar-refractivity contribution in [3.05, 3.63) is 11.6 Å². The second-order valence-corrected chi connectivity index (χ2v) is 12.6. The van der Waals surface area contributed by atoms with E-state index < -0.39 is 5.60 Å². The third kappa shape index (κ3) is 3.86. The van der Waals surface area contributed by atoms with Gasteiger partial charge in [-0.1, -0.05) is 45.3 Å². The van der Waals surface area contributed by atoms with Crippen molar-refractivity contribution in [3.63, 3.8) is 0 Å². The normalized spacial score (nSPS) is 45.8. The third-order valence-electron chi connectivity index (χ3n) is 10.3. The number of hydrogen-bond acceptors (Lipinski definition) is 2. The van der Waals surface area contributed by atoms with E-state index in [-0.39, 0.29) is 6.10 Å². The number of aliphatic hydroxyl groups excluding tert-OH is 1. The second-order valence-electron chi connectivity index (χ2n) is 12.6. The molecule has 3 unspecified atom stereocenters. The molecule has 2 heteroatoms. The van der Waals surface area contributed by atoms with Crippen LogP contribution in [-0.2, 0) is 0 Å². The molecular formula is C27H46O2. The Hall–Kier alpha value is -0.340. The summed E-state index contributed by atoms with van der Waals surface area (Å²) in [6.45, 7) is 11.6. The molecule has 2 N–H and O–H groups in total. The third-order valence-corrected chi connectivity index (χ3v) is 10.3. The van der Waals surface area contributed by atoms with E-state index in [0.29, 0.717) is 10.8 Å². The summed E-state index contributed by atoms with van der Waals surface area (Å²) in [5, 5.41) is 20.3. The first-order valence-corrected chi connectivity index (χ1v) is 12.6. The molecule has 0 aliphatic heterocycles. The summed E-state index contributed by atoms with van der Waals surface area (Å²) in [6, 6.07) is 0. The maximum Gasteiger partial charge on any atom is 0.0591 e. The van der Waals surface area contributed by atoms with Crippen molar-refractivity contribution < 1.29 is 10.2 Å². The predicted molar refractivity (Wildman–Crippen MR) is 121 cm³/mol. The average molecular weight is 403 g/mol. The van der Waals surface area contributed by atoms with Crippen LogP contribution < -0.4 is 0 Å². The van der Waals surface area contributed by atoms with Gasteiger partial charge in [0.1, 0.15) is 0 Å². The fourth-order valence-corrected chi connectivity index (χ4v) is 8.67. The van der Waals surface area contributed by atoms with Crippen molar-refractivity contribution in [3.8, 4) is 0 Å². The van der Waals surface area contributed by atoms with Gasteiger partial charge in [-0.3, -0.25) is 0 Å². The number of allylic oxidation sites excluding steroid dienone is 1. The van der Waals surface area contributed by atoms with Crippen LogP contribution in [0.4, 0.5) is 0 Å². The van der Waals surface area contributed by atoms with Crippen molar-refractivity contribution in [2.75, 3.05) is 0 Å². The van der Waals surface area contributed by atoms with Gasteiger partial charge in [-0.05, 0) is 112 Å². The van der Waals surface area contributed by atoms with Gasteiger partial charge in [-0.15, -0.1) is 0 Å². The van der Waals surface area contributed by atoms with E-state index in [4.69, 9.17) is 0 Å². The Morgan fingerprint density at radius 3 is 2.59 bits per heavy atom. The summed E-state index contributed by atoms with van der Waals surface area (Å²) in [5.74, 6) is 4.24. The zero-order valence-electron chi connectivity index (χ0n) is 19.7. The Bertz CT molecular complexity index is 631. The van der Waals surface area contributed by atoms with E-state index in [9.17, 15) is 10.2 Å². The highest BCUT2D eigenvalue weighted by Gasteiger charge is 2.59. The fourth-order valence-electron chi connectivity index (χ4n) is 8.67. The molecule has 0 heterocycles. The minimum absolute atomic E-state index is 0.0969. The van der Waals surface area contributed by atoms with Crippen molar-refractivity contribution in [2.45, 2.75) is 117 Å². The van der Waals surface area contributed by atoms with Crippen molar-refractivity contribution in [1.29, 1.82) is 0 Å². The van der Waals surface area contributed by atoms with Crippen LogP contribution in [0.2, 0.25) is 0 Å². The maximum absolute atomic E-state index is 10.2. The second kappa shape index (κ2) is 7.66. The Kier molecular flexibility index (Phi) is 5.78. The van der Waals surface area contributed by atoms with E-state index in [0.717, 1.165) is 55.3 Å². The van der Waals surface area contributed by atoms with Gasteiger partial charge in [0.25, 0.3) is 0 Å². The molecule has 0 aromatic rings. The van der Waals surface area contributed by atoms with Gasteiger partial charge in [-0.2, -0.15) is 0 Å². The molecule has 0 bridgehead atoms. The number of hydrogen-bond donors (Lipinski definition) is 2. The molecule has 0 spiro atoms. The highest BCUT2D eigenvalue weighted by atomic mass is 16.3. The molecule has 0 aromatic carbocycles. The van der Waals surface area contributed by atoms with Crippen LogP contribution in [0, 0.1) is 40.4 Å². The summed E-state index contributed by atoms with van der Waals surface area (Å²) >= 11 is 0. The highest BCUT2D eigenvalue weighted by Crippen LogP contribution is 2.67. The summed E-state index contributed by atoms with van der Waals surface area (Å²) in [5.41, 5.74) is 1.95. The topological polar surface area (TPSA) is 40.5 Å². The van der Waals surface area contributed by atoms with E-state index in [1.165, 1.54) is 44.9 Å². The van der Waals surface area contributed by atoms with Gasteiger partial charge in [0, 0.05) is 0 Å². The minimum Gasteiger partial charge on any atom is -0.393 e. The molecule has 4 rings (SSSR count). The summed E-state index contributed by atoms with van der Waals surface area (Å²) in [6.07, 6.45) is 15.9. The van der Waals surface area contributed by atoms with Crippen molar-refractivity contribution >= 4 is 0 Å². The lowest BCUT2D eigenvalue weighted by molar-refractivity contribution is -0.0575. The van der Waals surface area contributed by atoms with Gasteiger partial charge in [0.05, 0.1) is 11.7 Å². The fraction of sp³-hybridized carbons (Fsp3) is 0.926. The van der Waals surface area contributed by atoms with Crippen molar-refractivity contribution in [2.24, 2.45) is 40.4 Å². The predicted octanol–water partition coefficient (Wildman–Crippen LogP) is 6.50. The van der Waals surface area contributed by atoms with E-state index in [1.54, 1.807) is 5.57 Å². The quantitative estimate of drug-likeness (QED) is 0.515. The summed E-state index contributed by atoms with van der Waals surface area (Å²) in [4.78, 5) is 0. The van der Waals surface area contributed by atoms with Crippen LogP contribution in [0.5, 0.6) is 0 Å². The van der Waals surface area contributed by atoms with E-state index in [1.807, 2.05) is 13.8 Å². The zero-order chi connectivity index (χ0) is 21.0. The van der Waals surface area contributed by atoms with E-state index in [2.05, 4.69) is 26.8 Å². The molecule has 3 fully saturated rings. The molecular weight excluding hydrogens is 356 g/mol. The molecule has 4 aliphatic carbocycles. The molecule has 0 aromatic heterocycles. The summed E-state index contributed by atoms with van der Waals surface area (Å²) < 4.78 is 0. The summed E-state index contributed by atoms with van der Waals surface area (Å²) in [7, 11) is 0. The molecule has 4 aliphatic rings. The first-order valence-electron chi connectivity index (χ1n) is 12.6. The standard InChI is InChI=1S/C27H46O2/c1-18(7-6-14-25(2,3)29)22-10-11-23-21-9-8-19-17-20(28)12-15-26(19,4)24(21)13-16-27(22,23)5/h8,18,20-24,28-29H,6-7,9-17H2,1-5H3/t18-,20+,21+,22?,23?,24?,26+,27-/m1/s1. The molecule has 166 valence electrons. The lowest BCUT2D eigenvalue weighted by atomic mass is 9.47. The van der Waals surface area contributed by atoms with Crippen LogP contribution >= 0.6 is 0 Å². The molecule has 8 atom stereocenters. The Morgan fingerprint density at radius 1 is 1.10 bits per heavy atom. The van der Waals surface area contributed by atoms with Crippen LogP contribution in [0.25, 0.3) is 0 Å². The maximum atomic E-state index is 10.2. The van der Waals surface area contributed by atoms with Crippen LogP contribution in [0.1, 0.15) is 105 Å². The van der Waals surface area contributed by atoms with Gasteiger partial charge in [-0.25, -0.2) is 0 Å².